The number of fused-ring (bicyclic) bond motifs is 1. The van der Waals surface area contributed by atoms with Crippen molar-refractivity contribution in [3.05, 3.63) is 59.7 Å². The molecule has 7 heteroatoms. The van der Waals surface area contributed by atoms with E-state index in [2.05, 4.69) is 17.9 Å². The summed E-state index contributed by atoms with van der Waals surface area (Å²) in [6, 6.07) is 14.5. The van der Waals surface area contributed by atoms with Gasteiger partial charge in [0, 0.05) is 51.0 Å². The van der Waals surface area contributed by atoms with Crippen molar-refractivity contribution in [1.82, 2.24) is 9.21 Å². The first kappa shape index (κ1) is 20.9. The van der Waals surface area contributed by atoms with Crippen LogP contribution in [-0.2, 0) is 16.6 Å². The zero-order valence-electron chi connectivity index (χ0n) is 17.6. The maximum absolute atomic E-state index is 13.1. The lowest BCUT2D eigenvalue weighted by Crippen LogP contribution is -2.38. The summed E-state index contributed by atoms with van der Waals surface area (Å²) in [4.78, 5) is 17.4. The van der Waals surface area contributed by atoms with Crippen molar-refractivity contribution in [3.63, 3.8) is 0 Å². The van der Waals surface area contributed by atoms with Crippen molar-refractivity contribution in [2.75, 3.05) is 38.1 Å². The molecule has 0 bridgehead atoms. The van der Waals surface area contributed by atoms with Gasteiger partial charge in [-0.1, -0.05) is 25.1 Å². The van der Waals surface area contributed by atoms with Crippen LogP contribution in [0.15, 0.2) is 53.4 Å². The van der Waals surface area contributed by atoms with Crippen molar-refractivity contribution in [3.8, 4) is 0 Å². The van der Waals surface area contributed by atoms with Gasteiger partial charge in [0.05, 0.1) is 4.90 Å². The summed E-state index contributed by atoms with van der Waals surface area (Å²) in [5, 5.41) is 0. The molecule has 0 unspecified atom stereocenters. The molecule has 0 atom stereocenters. The second kappa shape index (κ2) is 8.40. The molecule has 0 radical (unpaired) electrons. The van der Waals surface area contributed by atoms with Crippen molar-refractivity contribution in [2.24, 2.45) is 5.92 Å². The molecule has 160 valence electrons. The number of amides is 1. The van der Waals surface area contributed by atoms with Crippen LogP contribution in [0, 0.1) is 5.92 Å². The van der Waals surface area contributed by atoms with Crippen LogP contribution in [0.2, 0.25) is 0 Å². The van der Waals surface area contributed by atoms with Gasteiger partial charge < -0.3 is 9.80 Å². The van der Waals surface area contributed by atoms with E-state index < -0.39 is 10.0 Å². The van der Waals surface area contributed by atoms with Crippen molar-refractivity contribution >= 4 is 21.6 Å². The van der Waals surface area contributed by atoms with Crippen molar-refractivity contribution in [1.29, 1.82) is 0 Å². The number of benzene rings is 2. The van der Waals surface area contributed by atoms with Gasteiger partial charge >= 0.3 is 0 Å². The van der Waals surface area contributed by atoms with Gasteiger partial charge in [0.25, 0.3) is 5.91 Å². The number of para-hydroxylation sites is 1. The molecule has 2 heterocycles. The van der Waals surface area contributed by atoms with Gasteiger partial charge in [-0.15, -0.1) is 0 Å². The molecular formula is C23H29N3O3S. The maximum Gasteiger partial charge on any atom is 0.254 e. The molecule has 1 fully saturated rings. The molecule has 4 rings (SSSR count). The Morgan fingerprint density at radius 1 is 0.933 bits per heavy atom. The molecule has 30 heavy (non-hydrogen) atoms. The number of carbonyl (C=O) groups excluding carboxylic acids is 1. The normalized spacial score (nSPS) is 18.7. The first-order valence-electron chi connectivity index (χ1n) is 10.5. The van der Waals surface area contributed by atoms with E-state index in [0.29, 0.717) is 37.7 Å². The summed E-state index contributed by atoms with van der Waals surface area (Å²) in [6.07, 6.45) is 1.78. The van der Waals surface area contributed by atoms with E-state index >= 15 is 0 Å². The number of likely N-dealkylation sites (N-methyl/N-ethyl adjacent to an activating group) is 1. The zero-order valence-corrected chi connectivity index (χ0v) is 18.4. The second-order valence-corrected chi connectivity index (χ2v) is 10.3. The summed E-state index contributed by atoms with van der Waals surface area (Å²) in [5.74, 6) is 0.491. The molecule has 1 amide bonds. The highest BCUT2D eigenvalue weighted by Crippen LogP contribution is 2.26. The maximum atomic E-state index is 13.1. The molecule has 2 aliphatic heterocycles. The second-order valence-electron chi connectivity index (χ2n) is 8.39. The largest absolute Gasteiger partial charge is 0.373 e. The Morgan fingerprint density at radius 2 is 1.60 bits per heavy atom. The highest BCUT2D eigenvalue weighted by Gasteiger charge is 2.28. The van der Waals surface area contributed by atoms with Crippen LogP contribution >= 0.6 is 0 Å². The first-order chi connectivity index (χ1) is 14.4. The predicted octanol–water partition coefficient (Wildman–Crippen LogP) is 3.20. The highest BCUT2D eigenvalue weighted by molar-refractivity contribution is 7.89. The summed E-state index contributed by atoms with van der Waals surface area (Å²) in [7, 11) is -1.47. The molecule has 2 aromatic carbocycles. The Labute approximate surface area is 179 Å². The number of carbonyl (C=O) groups is 1. The third-order valence-corrected chi connectivity index (χ3v) is 8.15. The Morgan fingerprint density at radius 3 is 2.30 bits per heavy atom. The number of hydrogen-bond donors (Lipinski definition) is 0. The molecule has 0 aliphatic carbocycles. The molecule has 0 saturated carbocycles. The molecule has 1 saturated heterocycles. The van der Waals surface area contributed by atoms with E-state index in [9.17, 15) is 13.2 Å². The minimum absolute atomic E-state index is 0.0733. The van der Waals surface area contributed by atoms with Crippen LogP contribution in [-0.4, -0.2) is 56.8 Å². The summed E-state index contributed by atoms with van der Waals surface area (Å²) >= 11 is 0. The molecule has 0 spiro atoms. The van der Waals surface area contributed by atoms with Crippen LogP contribution in [0.25, 0.3) is 0 Å². The number of sulfonamides is 1. The van der Waals surface area contributed by atoms with E-state index in [1.54, 1.807) is 28.6 Å². The number of anilines is 1. The first-order valence-corrected chi connectivity index (χ1v) is 12.0. The van der Waals surface area contributed by atoms with Gasteiger partial charge in [0.2, 0.25) is 10.0 Å². The van der Waals surface area contributed by atoms with Gasteiger partial charge in [-0.2, -0.15) is 4.31 Å². The molecule has 2 aliphatic rings. The average molecular weight is 428 g/mol. The van der Waals surface area contributed by atoms with Gasteiger partial charge in [0.1, 0.15) is 0 Å². The zero-order chi connectivity index (χ0) is 21.3. The molecule has 2 aromatic rings. The van der Waals surface area contributed by atoms with Crippen LogP contribution < -0.4 is 4.90 Å². The summed E-state index contributed by atoms with van der Waals surface area (Å²) in [6.45, 7) is 5.20. The smallest absolute Gasteiger partial charge is 0.254 e. The molecule has 0 N–H and O–H groups in total. The Kier molecular flexibility index (Phi) is 5.84. The van der Waals surface area contributed by atoms with E-state index in [0.717, 1.165) is 30.6 Å². The Hall–Kier alpha value is -2.38. The van der Waals surface area contributed by atoms with E-state index in [4.69, 9.17) is 0 Å². The van der Waals surface area contributed by atoms with Crippen LogP contribution in [0.5, 0.6) is 0 Å². The third-order valence-electron chi connectivity index (χ3n) is 6.24. The number of nitrogens with zero attached hydrogens (tertiary/aromatic N) is 3. The van der Waals surface area contributed by atoms with E-state index in [-0.39, 0.29) is 10.8 Å². The lowest BCUT2D eigenvalue weighted by molar-refractivity contribution is 0.0751. The molecular weight excluding hydrogens is 398 g/mol. The van der Waals surface area contributed by atoms with Gasteiger partial charge in [-0.3, -0.25) is 4.79 Å². The fraction of sp³-hybridized carbons (Fsp3) is 0.435. The van der Waals surface area contributed by atoms with Crippen LogP contribution in [0.1, 0.15) is 35.7 Å². The summed E-state index contributed by atoms with van der Waals surface area (Å²) < 4.78 is 27.4. The van der Waals surface area contributed by atoms with E-state index in [1.807, 2.05) is 30.1 Å². The SMILES string of the molecule is CC1CCN(S(=O)(=O)c2ccc(C(=O)N3CCN(C)c4ccccc4C3)cc2)CC1. The van der Waals surface area contributed by atoms with Gasteiger partial charge in [-0.05, 0) is 54.7 Å². The summed E-state index contributed by atoms with van der Waals surface area (Å²) in [5.41, 5.74) is 2.78. The minimum atomic E-state index is -3.50. The van der Waals surface area contributed by atoms with Gasteiger partial charge in [-0.25, -0.2) is 8.42 Å². The standard InChI is InChI=1S/C23H29N3O3S/c1-18-11-13-26(14-12-18)30(28,29)21-9-7-19(8-10-21)23(27)25-16-15-24(2)22-6-4-3-5-20(22)17-25/h3-10,18H,11-17H2,1-2H3. The van der Waals surface area contributed by atoms with Crippen molar-refractivity contribution in [2.45, 2.75) is 31.2 Å². The average Bonchev–Trinajstić information content (AvgIpc) is 2.93. The number of hydrogen-bond acceptors (Lipinski definition) is 4. The Balaban J connectivity index is 1.51. The predicted molar refractivity (Wildman–Crippen MR) is 118 cm³/mol. The Bertz CT molecular complexity index is 1010. The van der Waals surface area contributed by atoms with Crippen LogP contribution in [0.4, 0.5) is 5.69 Å². The monoisotopic (exact) mass is 427 g/mol. The fourth-order valence-corrected chi connectivity index (χ4v) is 5.66. The molecule has 0 aromatic heterocycles. The molecule has 6 nitrogen and oxygen atoms in total. The topological polar surface area (TPSA) is 60.9 Å². The number of piperidine rings is 1. The third kappa shape index (κ3) is 4.09. The quantitative estimate of drug-likeness (QED) is 0.755. The lowest BCUT2D eigenvalue weighted by atomic mass is 10.0. The lowest BCUT2D eigenvalue weighted by Gasteiger charge is -2.29. The van der Waals surface area contributed by atoms with Crippen LogP contribution in [0.3, 0.4) is 0 Å². The fourth-order valence-electron chi connectivity index (χ4n) is 4.19. The minimum Gasteiger partial charge on any atom is -0.373 e. The van der Waals surface area contributed by atoms with Crippen molar-refractivity contribution < 1.29 is 13.2 Å². The highest BCUT2D eigenvalue weighted by atomic mass is 32.2. The number of rotatable bonds is 3. The van der Waals surface area contributed by atoms with E-state index in [1.165, 1.54) is 0 Å². The van der Waals surface area contributed by atoms with Gasteiger partial charge in [0.15, 0.2) is 0 Å².